The molecule has 0 saturated heterocycles. The largest absolute Gasteiger partial charge is 0.469 e. The molecule has 0 bridgehead atoms. The second kappa shape index (κ2) is 10.3. The van der Waals surface area contributed by atoms with E-state index in [2.05, 4.69) is 4.74 Å². The normalized spacial score (nSPS) is 10.4. The Bertz CT molecular complexity index is 421. The monoisotopic (exact) mass is 315 g/mol. The summed E-state index contributed by atoms with van der Waals surface area (Å²) in [6.07, 6.45) is 0.478. The number of nitrogens with zero attached hydrogens (tertiary/aromatic N) is 1. The quantitative estimate of drug-likeness (QED) is 0.508. The van der Waals surface area contributed by atoms with E-state index in [1.807, 2.05) is 17.5 Å². The summed E-state index contributed by atoms with van der Waals surface area (Å²) in [5.41, 5.74) is 0. The van der Waals surface area contributed by atoms with E-state index < -0.39 is 0 Å². The van der Waals surface area contributed by atoms with E-state index in [1.165, 1.54) is 18.4 Å². The average Bonchev–Trinajstić information content (AvgIpc) is 2.98. The van der Waals surface area contributed by atoms with Crippen LogP contribution >= 0.6 is 11.3 Å². The molecule has 1 amide bonds. The van der Waals surface area contributed by atoms with Gasteiger partial charge in [-0.15, -0.1) is 11.3 Å². The fourth-order valence-corrected chi connectivity index (χ4v) is 2.40. The van der Waals surface area contributed by atoms with Crippen LogP contribution in [0.25, 0.3) is 0 Å². The highest BCUT2D eigenvalue weighted by Crippen LogP contribution is 2.11. The Kier molecular flexibility index (Phi) is 8.65. The van der Waals surface area contributed by atoms with Gasteiger partial charge in [0.15, 0.2) is 0 Å². The number of thiophene rings is 1. The Morgan fingerprint density at radius 3 is 2.76 bits per heavy atom. The molecule has 0 aromatic carbocycles. The summed E-state index contributed by atoms with van der Waals surface area (Å²) in [6, 6.07) is 3.81. The zero-order valence-electron chi connectivity index (χ0n) is 12.1. The molecule has 0 aliphatic heterocycles. The average molecular weight is 315 g/mol. The fourth-order valence-electron chi connectivity index (χ4n) is 1.70. The molecule has 118 valence electrons. The lowest BCUT2D eigenvalue weighted by Gasteiger charge is -2.22. The number of rotatable bonds is 10. The molecule has 21 heavy (non-hydrogen) atoms. The number of ether oxygens (including phenoxy) is 2. The van der Waals surface area contributed by atoms with Gasteiger partial charge in [0.1, 0.15) is 0 Å². The topological polar surface area (TPSA) is 76.1 Å². The van der Waals surface area contributed by atoms with Crippen LogP contribution in [-0.4, -0.2) is 61.9 Å². The van der Waals surface area contributed by atoms with Gasteiger partial charge in [-0.05, 0) is 11.4 Å². The minimum atomic E-state index is -0.347. The third kappa shape index (κ3) is 7.22. The van der Waals surface area contributed by atoms with E-state index in [9.17, 15) is 9.59 Å². The Morgan fingerprint density at radius 2 is 2.14 bits per heavy atom. The van der Waals surface area contributed by atoms with Crippen LogP contribution < -0.4 is 0 Å². The molecule has 0 unspecified atom stereocenters. The maximum absolute atomic E-state index is 12.3. The Morgan fingerprint density at radius 1 is 1.33 bits per heavy atom. The van der Waals surface area contributed by atoms with Crippen molar-refractivity contribution in [1.82, 2.24) is 4.90 Å². The van der Waals surface area contributed by atoms with Gasteiger partial charge in [-0.1, -0.05) is 6.07 Å². The van der Waals surface area contributed by atoms with Gasteiger partial charge < -0.3 is 19.5 Å². The summed E-state index contributed by atoms with van der Waals surface area (Å²) in [5.74, 6) is -0.394. The van der Waals surface area contributed by atoms with Crippen LogP contribution in [0.5, 0.6) is 0 Å². The second-order valence-corrected chi connectivity index (χ2v) is 5.33. The Balaban J connectivity index is 2.48. The molecule has 1 heterocycles. The van der Waals surface area contributed by atoms with Crippen LogP contribution in [0.15, 0.2) is 17.5 Å². The minimum Gasteiger partial charge on any atom is -0.469 e. The third-order valence-electron chi connectivity index (χ3n) is 2.81. The summed E-state index contributed by atoms with van der Waals surface area (Å²) in [7, 11) is 1.32. The smallest absolute Gasteiger partial charge is 0.307 e. The van der Waals surface area contributed by atoms with E-state index >= 15 is 0 Å². The molecule has 1 N–H and O–H groups in total. The summed E-state index contributed by atoms with van der Waals surface area (Å²) >= 11 is 1.53. The van der Waals surface area contributed by atoms with Crippen molar-refractivity contribution in [3.63, 3.8) is 0 Å². The molecule has 0 spiro atoms. The maximum atomic E-state index is 12.3. The SMILES string of the molecule is COC(=O)CCN(CCOCCO)C(=O)Cc1cccs1. The summed E-state index contributed by atoms with van der Waals surface area (Å²) in [6.45, 7) is 1.22. The lowest BCUT2D eigenvalue weighted by Crippen LogP contribution is -2.37. The molecular formula is C14H21NO5S. The van der Waals surface area contributed by atoms with Crippen molar-refractivity contribution in [2.24, 2.45) is 0 Å². The predicted octanol–water partition coefficient (Wildman–Crippen LogP) is 0.691. The summed E-state index contributed by atoms with van der Waals surface area (Å²) in [5, 5.41) is 10.6. The van der Waals surface area contributed by atoms with Gasteiger partial charge in [-0.2, -0.15) is 0 Å². The van der Waals surface area contributed by atoms with Crippen molar-refractivity contribution in [1.29, 1.82) is 0 Å². The number of hydrogen-bond acceptors (Lipinski definition) is 6. The van der Waals surface area contributed by atoms with E-state index in [-0.39, 0.29) is 31.5 Å². The molecule has 7 heteroatoms. The summed E-state index contributed by atoms with van der Waals surface area (Å²) < 4.78 is 9.76. The number of methoxy groups -OCH3 is 1. The number of aliphatic hydroxyl groups is 1. The zero-order chi connectivity index (χ0) is 15.5. The molecule has 0 radical (unpaired) electrons. The summed E-state index contributed by atoms with van der Waals surface area (Å²) in [4.78, 5) is 26.0. The van der Waals surface area contributed by atoms with Gasteiger partial charge >= 0.3 is 5.97 Å². The van der Waals surface area contributed by atoms with E-state index in [1.54, 1.807) is 4.90 Å². The van der Waals surface area contributed by atoms with E-state index in [0.29, 0.717) is 26.1 Å². The first kappa shape index (κ1) is 17.6. The predicted molar refractivity (Wildman–Crippen MR) is 79.1 cm³/mol. The van der Waals surface area contributed by atoms with Crippen LogP contribution in [0.4, 0.5) is 0 Å². The van der Waals surface area contributed by atoms with Crippen molar-refractivity contribution >= 4 is 23.2 Å². The molecule has 0 aliphatic rings. The van der Waals surface area contributed by atoms with Crippen molar-refractivity contribution in [2.45, 2.75) is 12.8 Å². The molecule has 0 fully saturated rings. The highest BCUT2D eigenvalue weighted by Gasteiger charge is 2.16. The van der Waals surface area contributed by atoms with Crippen molar-refractivity contribution in [2.75, 3.05) is 40.0 Å². The number of amides is 1. The first-order chi connectivity index (χ1) is 10.2. The lowest BCUT2D eigenvalue weighted by molar-refractivity contribution is -0.141. The molecule has 1 aromatic heterocycles. The van der Waals surface area contributed by atoms with Crippen LogP contribution in [0.1, 0.15) is 11.3 Å². The van der Waals surface area contributed by atoms with Crippen molar-refractivity contribution in [3.8, 4) is 0 Å². The van der Waals surface area contributed by atoms with Gasteiger partial charge in [0.05, 0.1) is 39.8 Å². The van der Waals surface area contributed by atoms with Crippen LogP contribution in [0.3, 0.4) is 0 Å². The highest BCUT2D eigenvalue weighted by molar-refractivity contribution is 7.10. The highest BCUT2D eigenvalue weighted by atomic mass is 32.1. The first-order valence-electron chi connectivity index (χ1n) is 6.73. The van der Waals surface area contributed by atoms with E-state index in [0.717, 1.165) is 4.88 Å². The number of carbonyl (C=O) groups excluding carboxylic acids is 2. The zero-order valence-corrected chi connectivity index (χ0v) is 12.9. The van der Waals surface area contributed by atoms with Crippen molar-refractivity contribution in [3.05, 3.63) is 22.4 Å². The van der Waals surface area contributed by atoms with Gasteiger partial charge in [0.2, 0.25) is 5.91 Å². The van der Waals surface area contributed by atoms with Crippen LogP contribution in [0, 0.1) is 0 Å². The minimum absolute atomic E-state index is 0.0473. The molecule has 0 aliphatic carbocycles. The molecule has 1 rings (SSSR count). The Labute approximate surface area is 128 Å². The number of esters is 1. The molecule has 0 saturated carbocycles. The van der Waals surface area contributed by atoms with Crippen LogP contribution in [-0.2, 0) is 25.5 Å². The molecule has 1 aromatic rings. The molecule has 6 nitrogen and oxygen atoms in total. The second-order valence-electron chi connectivity index (χ2n) is 4.30. The fraction of sp³-hybridized carbons (Fsp3) is 0.571. The third-order valence-corrected chi connectivity index (χ3v) is 3.69. The Hall–Kier alpha value is -1.44. The number of carbonyl (C=O) groups is 2. The lowest BCUT2D eigenvalue weighted by atomic mass is 10.3. The molecule has 0 atom stereocenters. The number of hydrogen-bond donors (Lipinski definition) is 1. The van der Waals surface area contributed by atoms with E-state index in [4.69, 9.17) is 9.84 Å². The first-order valence-corrected chi connectivity index (χ1v) is 7.61. The maximum Gasteiger partial charge on any atom is 0.307 e. The van der Waals surface area contributed by atoms with Crippen molar-refractivity contribution < 1.29 is 24.2 Å². The number of aliphatic hydroxyl groups excluding tert-OH is 1. The van der Waals surface area contributed by atoms with Gasteiger partial charge in [-0.25, -0.2) is 0 Å². The van der Waals surface area contributed by atoms with Gasteiger partial charge in [0, 0.05) is 18.0 Å². The van der Waals surface area contributed by atoms with Gasteiger partial charge in [0.25, 0.3) is 0 Å². The van der Waals surface area contributed by atoms with Crippen LogP contribution in [0.2, 0.25) is 0 Å². The molecular weight excluding hydrogens is 294 g/mol. The standard InChI is InChI=1S/C14H21NO5S/c1-19-14(18)4-5-15(6-8-20-9-7-16)13(17)11-12-3-2-10-21-12/h2-3,10,16H,4-9,11H2,1H3. The van der Waals surface area contributed by atoms with Gasteiger partial charge in [-0.3, -0.25) is 9.59 Å².